The van der Waals surface area contributed by atoms with Crippen molar-refractivity contribution < 1.29 is 4.74 Å². The second kappa shape index (κ2) is 6.04. The molecule has 0 aromatic heterocycles. The van der Waals surface area contributed by atoms with Crippen LogP contribution in [0.2, 0.25) is 0 Å². The Balaban J connectivity index is 1.84. The van der Waals surface area contributed by atoms with E-state index in [1.165, 1.54) is 5.56 Å². The summed E-state index contributed by atoms with van der Waals surface area (Å²) in [5, 5.41) is 3.55. The quantitative estimate of drug-likeness (QED) is 0.855. The highest BCUT2D eigenvalue weighted by Crippen LogP contribution is 2.29. The van der Waals surface area contributed by atoms with Crippen molar-refractivity contribution in [2.45, 2.75) is 32.2 Å². The Morgan fingerprint density at radius 1 is 1.26 bits per heavy atom. The first kappa shape index (κ1) is 14.5. The van der Waals surface area contributed by atoms with Crippen molar-refractivity contribution in [3.63, 3.8) is 0 Å². The zero-order valence-electron chi connectivity index (χ0n) is 12.1. The summed E-state index contributed by atoms with van der Waals surface area (Å²) >= 11 is 0. The first-order valence-corrected chi connectivity index (χ1v) is 7.15. The maximum Gasteiger partial charge on any atom is 0.0507 e. The SMILES string of the molecule is CC1(CNCC(C)(N)c2ccccc2)CCOCC1. The van der Waals surface area contributed by atoms with Crippen molar-refractivity contribution in [1.29, 1.82) is 0 Å². The number of nitrogens with one attached hydrogen (secondary N) is 1. The maximum absolute atomic E-state index is 6.41. The minimum Gasteiger partial charge on any atom is -0.381 e. The van der Waals surface area contributed by atoms with E-state index in [-0.39, 0.29) is 5.54 Å². The van der Waals surface area contributed by atoms with Gasteiger partial charge in [0, 0.05) is 26.3 Å². The summed E-state index contributed by atoms with van der Waals surface area (Å²) in [5.74, 6) is 0. The number of hydrogen-bond donors (Lipinski definition) is 2. The highest BCUT2D eigenvalue weighted by atomic mass is 16.5. The van der Waals surface area contributed by atoms with Gasteiger partial charge in [-0.05, 0) is 30.7 Å². The molecule has 1 unspecified atom stereocenters. The third kappa shape index (κ3) is 4.03. The molecule has 0 bridgehead atoms. The number of benzene rings is 1. The van der Waals surface area contributed by atoms with Gasteiger partial charge in [0.2, 0.25) is 0 Å². The number of hydrogen-bond acceptors (Lipinski definition) is 3. The number of nitrogens with two attached hydrogens (primary N) is 1. The van der Waals surface area contributed by atoms with E-state index in [0.717, 1.165) is 39.1 Å². The highest BCUT2D eigenvalue weighted by Gasteiger charge is 2.28. The van der Waals surface area contributed by atoms with Crippen molar-refractivity contribution >= 4 is 0 Å². The van der Waals surface area contributed by atoms with Gasteiger partial charge >= 0.3 is 0 Å². The lowest BCUT2D eigenvalue weighted by molar-refractivity contribution is 0.0237. The molecule has 0 aliphatic carbocycles. The largest absolute Gasteiger partial charge is 0.381 e. The van der Waals surface area contributed by atoms with Gasteiger partial charge in [-0.15, -0.1) is 0 Å². The molecule has 3 heteroatoms. The lowest BCUT2D eigenvalue weighted by Gasteiger charge is -2.35. The molecule has 1 saturated heterocycles. The zero-order chi connectivity index (χ0) is 13.8. The summed E-state index contributed by atoms with van der Waals surface area (Å²) in [4.78, 5) is 0. The molecule has 1 fully saturated rings. The Labute approximate surface area is 116 Å². The molecule has 2 rings (SSSR count). The molecule has 106 valence electrons. The fraction of sp³-hybridized carbons (Fsp3) is 0.625. The van der Waals surface area contributed by atoms with E-state index in [9.17, 15) is 0 Å². The summed E-state index contributed by atoms with van der Waals surface area (Å²) in [6.45, 7) is 8.00. The maximum atomic E-state index is 6.41. The zero-order valence-corrected chi connectivity index (χ0v) is 12.1. The van der Waals surface area contributed by atoms with E-state index in [4.69, 9.17) is 10.5 Å². The Morgan fingerprint density at radius 3 is 2.53 bits per heavy atom. The predicted molar refractivity (Wildman–Crippen MR) is 79.0 cm³/mol. The van der Waals surface area contributed by atoms with Crippen LogP contribution in [0.1, 0.15) is 32.3 Å². The summed E-state index contributed by atoms with van der Waals surface area (Å²) in [7, 11) is 0. The van der Waals surface area contributed by atoms with Crippen LogP contribution >= 0.6 is 0 Å². The van der Waals surface area contributed by atoms with Crippen LogP contribution in [0.15, 0.2) is 30.3 Å². The Bertz CT molecular complexity index is 383. The van der Waals surface area contributed by atoms with E-state index < -0.39 is 0 Å². The molecule has 0 radical (unpaired) electrons. The van der Waals surface area contributed by atoms with Crippen LogP contribution in [0.5, 0.6) is 0 Å². The standard InChI is InChI=1S/C16H26N2O/c1-15(8-10-19-11-9-15)12-18-13-16(2,17)14-6-4-3-5-7-14/h3-7,18H,8-13,17H2,1-2H3. The van der Waals surface area contributed by atoms with Gasteiger partial charge in [0.1, 0.15) is 0 Å². The van der Waals surface area contributed by atoms with Crippen molar-refractivity contribution in [2.75, 3.05) is 26.3 Å². The molecule has 1 aliphatic rings. The van der Waals surface area contributed by atoms with Gasteiger partial charge in [-0.2, -0.15) is 0 Å². The Kier molecular flexibility index (Phi) is 4.61. The Hall–Kier alpha value is -0.900. The smallest absolute Gasteiger partial charge is 0.0507 e. The Morgan fingerprint density at radius 2 is 1.89 bits per heavy atom. The van der Waals surface area contributed by atoms with Gasteiger partial charge in [0.25, 0.3) is 0 Å². The van der Waals surface area contributed by atoms with Crippen LogP contribution in [0.4, 0.5) is 0 Å². The van der Waals surface area contributed by atoms with E-state index in [1.807, 2.05) is 18.2 Å². The van der Waals surface area contributed by atoms with Gasteiger partial charge in [0.15, 0.2) is 0 Å². The minimum atomic E-state index is -0.317. The highest BCUT2D eigenvalue weighted by molar-refractivity contribution is 5.23. The topological polar surface area (TPSA) is 47.3 Å². The molecule has 0 amide bonds. The van der Waals surface area contributed by atoms with Crippen molar-refractivity contribution in [3.8, 4) is 0 Å². The van der Waals surface area contributed by atoms with Crippen molar-refractivity contribution in [2.24, 2.45) is 11.1 Å². The summed E-state index contributed by atoms with van der Waals surface area (Å²) in [5.41, 5.74) is 7.63. The van der Waals surface area contributed by atoms with Gasteiger partial charge in [0.05, 0.1) is 5.54 Å². The van der Waals surface area contributed by atoms with Gasteiger partial charge in [-0.25, -0.2) is 0 Å². The molecule has 1 atom stereocenters. The van der Waals surface area contributed by atoms with Crippen LogP contribution < -0.4 is 11.1 Å². The monoisotopic (exact) mass is 262 g/mol. The predicted octanol–water partition coefficient (Wildman–Crippen LogP) is 2.27. The first-order valence-electron chi connectivity index (χ1n) is 7.15. The average Bonchev–Trinajstić information content (AvgIpc) is 2.40. The third-order valence-electron chi connectivity index (χ3n) is 4.18. The molecule has 19 heavy (non-hydrogen) atoms. The summed E-state index contributed by atoms with van der Waals surface area (Å²) < 4.78 is 5.43. The van der Waals surface area contributed by atoms with Gasteiger partial charge in [-0.1, -0.05) is 37.3 Å². The lowest BCUT2D eigenvalue weighted by atomic mass is 9.82. The van der Waals surface area contributed by atoms with E-state index in [1.54, 1.807) is 0 Å². The molecule has 1 aromatic carbocycles. The van der Waals surface area contributed by atoms with E-state index >= 15 is 0 Å². The molecule has 1 aromatic rings. The third-order valence-corrected chi connectivity index (χ3v) is 4.18. The van der Waals surface area contributed by atoms with E-state index in [0.29, 0.717) is 5.41 Å². The summed E-state index contributed by atoms with van der Waals surface area (Å²) in [6, 6.07) is 10.3. The van der Waals surface area contributed by atoms with Crippen LogP contribution in [-0.4, -0.2) is 26.3 Å². The molecular weight excluding hydrogens is 236 g/mol. The van der Waals surface area contributed by atoms with Crippen LogP contribution in [0.25, 0.3) is 0 Å². The molecule has 1 heterocycles. The normalized spacial score (nSPS) is 21.8. The second-order valence-electron chi connectivity index (χ2n) is 6.31. The molecule has 3 N–H and O–H groups in total. The van der Waals surface area contributed by atoms with Gasteiger partial charge in [-0.3, -0.25) is 0 Å². The van der Waals surface area contributed by atoms with E-state index in [2.05, 4.69) is 31.3 Å². The molecule has 0 saturated carbocycles. The average molecular weight is 262 g/mol. The molecular formula is C16H26N2O. The fourth-order valence-electron chi connectivity index (χ4n) is 2.59. The number of ether oxygens (including phenoxy) is 1. The van der Waals surface area contributed by atoms with Gasteiger partial charge < -0.3 is 15.8 Å². The first-order chi connectivity index (χ1) is 9.02. The lowest BCUT2D eigenvalue weighted by Crippen LogP contribution is -2.46. The second-order valence-corrected chi connectivity index (χ2v) is 6.31. The molecule has 3 nitrogen and oxygen atoms in total. The van der Waals surface area contributed by atoms with Crippen molar-refractivity contribution in [3.05, 3.63) is 35.9 Å². The van der Waals surface area contributed by atoms with Crippen LogP contribution in [-0.2, 0) is 10.3 Å². The molecule has 0 spiro atoms. The molecule has 1 aliphatic heterocycles. The van der Waals surface area contributed by atoms with Crippen LogP contribution in [0.3, 0.4) is 0 Å². The minimum absolute atomic E-state index is 0.317. The summed E-state index contributed by atoms with van der Waals surface area (Å²) in [6.07, 6.45) is 2.26. The number of rotatable bonds is 5. The fourth-order valence-corrected chi connectivity index (χ4v) is 2.59. The van der Waals surface area contributed by atoms with Crippen LogP contribution in [0, 0.1) is 5.41 Å². The van der Waals surface area contributed by atoms with Crippen molar-refractivity contribution in [1.82, 2.24) is 5.32 Å².